The van der Waals surface area contributed by atoms with Gasteiger partial charge < -0.3 is 14.7 Å². The van der Waals surface area contributed by atoms with Crippen LogP contribution in [0.3, 0.4) is 0 Å². The molecule has 1 aromatic carbocycles. The van der Waals surface area contributed by atoms with E-state index >= 15 is 0 Å². The lowest BCUT2D eigenvalue weighted by atomic mass is 10.1. The maximum Gasteiger partial charge on any atom is 0.263 e. The fourth-order valence-electron chi connectivity index (χ4n) is 5.87. The number of carbonyl (C=O) groups excluding carboxylic acids is 1. The number of aryl methyl sites for hydroxylation is 2. The summed E-state index contributed by atoms with van der Waals surface area (Å²) in [6.07, 6.45) is 4.65. The average molecular weight is 623 g/mol. The fourth-order valence-corrected chi connectivity index (χ4v) is 8.96. The lowest BCUT2D eigenvalue weighted by Crippen LogP contribution is -2.54. The van der Waals surface area contributed by atoms with Crippen LogP contribution in [0.15, 0.2) is 58.7 Å². The number of piperazine rings is 2. The molecule has 1 amide bonds. The summed E-state index contributed by atoms with van der Waals surface area (Å²) in [6.45, 7) is 8.68. The monoisotopic (exact) mass is 622 g/mol. The van der Waals surface area contributed by atoms with Gasteiger partial charge in [-0.2, -0.15) is 4.31 Å². The Morgan fingerprint density at radius 1 is 1.00 bits per heavy atom. The third-order valence-electron chi connectivity index (χ3n) is 8.09. The van der Waals surface area contributed by atoms with Crippen molar-refractivity contribution in [3.8, 4) is 0 Å². The minimum absolute atomic E-state index is 0.0170. The van der Waals surface area contributed by atoms with Gasteiger partial charge in [0.25, 0.3) is 5.56 Å². The van der Waals surface area contributed by atoms with Crippen LogP contribution in [0.5, 0.6) is 0 Å². The van der Waals surface area contributed by atoms with Crippen molar-refractivity contribution < 1.29 is 13.2 Å². The molecule has 0 N–H and O–H groups in total. The van der Waals surface area contributed by atoms with Gasteiger partial charge in [-0.1, -0.05) is 12.1 Å². The van der Waals surface area contributed by atoms with Gasteiger partial charge in [0.05, 0.1) is 11.7 Å². The van der Waals surface area contributed by atoms with E-state index in [1.165, 1.54) is 32.1 Å². The quantitative estimate of drug-likeness (QED) is 0.318. The lowest BCUT2D eigenvalue weighted by Gasteiger charge is -2.41. The second kappa shape index (κ2) is 11.7. The molecule has 43 heavy (non-hydrogen) atoms. The molecule has 2 aliphatic heterocycles. The molecule has 1 atom stereocenters. The minimum atomic E-state index is -3.99. The first-order valence-electron chi connectivity index (χ1n) is 14.2. The Hall–Kier alpha value is -3.88. The second-order valence-corrected chi connectivity index (χ2v) is 14.1. The number of nitrogens with zero attached hydrogens (tertiary/aromatic N) is 8. The van der Waals surface area contributed by atoms with Crippen molar-refractivity contribution in [2.75, 3.05) is 55.6 Å². The number of sulfonamides is 1. The zero-order valence-electron chi connectivity index (χ0n) is 24.4. The van der Waals surface area contributed by atoms with Gasteiger partial charge in [-0.05, 0) is 44.5 Å². The molecule has 6 rings (SSSR count). The number of hydrogen-bond acceptors (Lipinski definition) is 10. The molecule has 2 saturated heterocycles. The van der Waals surface area contributed by atoms with E-state index in [-0.39, 0.29) is 41.9 Å². The van der Waals surface area contributed by atoms with Gasteiger partial charge >= 0.3 is 0 Å². The summed E-state index contributed by atoms with van der Waals surface area (Å²) in [4.78, 5) is 46.8. The van der Waals surface area contributed by atoms with Gasteiger partial charge in [0.1, 0.15) is 16.3 Å². The highest BCUT2D eigenvalue weighted by atomic mass is 32.2. The number of thiophene rings is 1. The van der Waals surface area contributed by atoms with E-state index in [0.29, 0.717) is 48.4 Å². The summed E-state index contributed by atoms with van der Waals surface area (Å²) in [5.74, 6) is 0.356. The van der Waals surface area contributed by atoms with E-state index in [1.807, 2.05) is 11.0 Å². The number of carbonyl (C=O) groups is 1. The molecule has 0 unspecified atom stereocenters. The summed E-state index contributed by atoms with van der Waals surface area (Å²) >= 11 is 1.17. The normalized spacial score (nSPS) is 18.4. The Kier molecular flexibility index (Phi) is 7.92. The molecular weight excluding hydrogens is 589 g/mol. The topological polar surface area (TPSA) is 125 Å². The van der Waals surface area contributed by atoms with Crippen LogP contribution in [-0.2, 0) is 21.4 Å². The van der Waals surface area contributed by atoms with Gasteiger partial charge in [-0.25, -0.2) is 23.4 Å². The SMILES string of the molecule is Cc1cccc(N2CCN(C(=O)Cn3cnc4sc(C)c(S(=O)(=O)N5CCN(c6ncccn6)CC5)c4c3=O)C[C@H]2C)c1. The van der Waals surface area contributed by atoms with E-state index in [2.05, 4.69) is 51.9 Å². The van der Waals surface area contributed by atoms with Crippen molar-refractivity contribution in [1.29, 1.82) is 0 Å². The van der Waals surface area contributed by atoms with Crippen LogP contribution < -0.4 is 15.4 Å². The molecular formula is C29H34N8O4S2. The fraction of sp³-hybridized carbons (Fsp3) is 0.414. The van der Waals surface area contributed by atoms with Crippen molar-refractivity contribution in [2.45, 2.75) is 38.3 Å². The molecule has 2 aliphatic rings. The van der Waals surface area contributed by atoms with E-state index in [9.17, 15) is 18.0 Å². The van der Waals surface area contributed by atoms with Crippen LogP contribution in [-0.4, -0.2) is 94.9 Å². The summed E-state index contributed by atoms with van der Waals surface area (Å²) in [5.41, 5.74) is 1.78. The van der Waals surface area contributed by atoms with Crippen LogP contribution in [0, 0.1) is 13.8 Å². The number of hydrogen-bond donors (Lipinski definition) is 0. The largest absolute Gasteiger partial charge is 0.365 e. The summed E-state index contributed by atoms with van der Waals surface area (Å²) < 4.78 is 30.4. The smallest absolute Gasteiger partial charge is 0.263 e. The Morgan fingerprint density at radius 2 is 1.74 bits per heavy atom. The van der Waals surface area contributed by atoms with E-state index in [1.54, 1.807) is 30.3 Å². The van der Waals surface area contributed by atoms with Gasteiger partial charge in [-0.15, -0.1) is 11.3 Å². The van der Waals surface area contributed by atoms with E-state index < -0.39 is 15.6 Å². The first kappa shape index (κ1) is 29.2. The maximum absolute atomic E-state index is 13.9. The van der Waals surface area contributed by atoms with Crippen molar-refractivity contribution in [2.24, 2.45) is 0 Å². The van der Waals surface area contributed by atoms with Crippen molar-refractivity contribution in [3.63, 3.8) is 0 Å². The Labute approximate surface area is 254 Å². The zero-order valence-corrected chi connectivity index (χ0v) is 26.0. The molecule has 3 aromatic heterocycles. The second-order valence-electron chi connectivity index (χ2n) is 11.0. The van der Waals surface area contributed by atoms with Gasteiger partial charge in [-0.3, -0.25) is 14.2 Å². The van der Waals surface area contributed by atoms with Crippen LogP contribution in [0.4, 0.5) is 11.6 Å². The predicted octanol–water partition coefficient (Wildman–Crippen LogP) is 2.11. The molecule has 0 saturated carbocycles. The predicted molar refractivity (Wildman–Crippen MR) is 166 cm³/mol. The molecule has 0 spiro atoms. The van der Waals surface area contributed by atoms with Crippen molar-refractivity contribution >= 4 is 49.1 Å². The number of fused-ring (bicyclic) bond motifs is 1. The Morgan fingerprint density at radius 3 is 2.44 bits per heavy atom. The standard InChI is InChI=1S/C29H34N8O4S2/c1-20-6-4-7-23(16-20)37-15-12-34(17-21(37)2)24(38)18-35-19-32-27-25(28(35)39)26(22(3)42-27)43(40,41)36-13-10-33(11-14-36)29-30-8-5-9-31-29/h4-9,16,19,21H,10-15,17-18H2,1-3H3/t21-/m1/s1. The number of rotatable bonds is 6. The number of aromatic nitrogens is 4. The van der Waals surface area contributed by atoms with Gasteiger partial charge in [0.15, 0.2) is 0 Å². The first-order valence-corrected chi connectivity index (χ1v) is 16.5. The average Bonchev–Trinajstić information content (AvgIpc) is 3.36. The van der Waals surface area contributed by atoms with E-state index in [0.717, 1.165) is 5.69 Å². The van der Waals surface area contributed by atoms with E-state index in [4.69, 9.17) is 0 Å². The molecule has 14 heteroatoms. The minimum Gasteiger partial charge on any atom is -0.365 e. The van der Waals surface area contributed by atoms with Gasteiger partial charge in [0, 0.05) is 74.8 Å². The number of amides is 1. The van der Waals surface area contributed by atoms with Crippen LogP contribution in [0.2, 0.25) is 0 Å². The molecule has 4 aromatic rings. The lowest BCUT2D eigenvalue weighted by molar-refractivity contribution is -0.132. The summed E-state index contributed by atoms with van der Waals surface area (Å²) in [6, 6.07) is 10.1. The molecule has 5 heterocycles. The highest BCUT2D eigenvalue weighted by Gasteiger charge is 2.35. The first-order chi connectivity index (χ1) is 20.6. The summed E-state index contributed by atoms with van der Waals surface area (Å²) in [5, 5.41) is 0.0456. The highest BCUT2D eigenvalue weighted by Crippen LogP contribution is 2.33. The third kappa shape index (κ3) is 5.61. The van der Waals surface area contributed by atoms with Crippen LogP contribution in [0.25, 0.3) is 10.2 Å². The highest BCUT2D eigenvalue weighted by molar-refractivity contribution is 7.89. The van der Waals surface area contributed by atoms with Crippen molar-refractivity contribution in [1.82, 2.24) is 28.7 Å². The Balaban J connectivity index is 1.20. The number of anilines is 2. The molecule has 0 bridgehead atoms. The molecule has 12 nitrogen and oxygen atoms in total. The molecule has 2 fully saturated rings. The molecule has 0 radical (unpaired) electrons. The van der Waals surface area contributed by atoms with Crippen molar-refractivity contribution in [3.05, 3.63) is 69.8 Å². The molecule has 226 valence electrons. The third-order valence-corrected chi connectivity index (χ3v) is 11.3. The van der Waals surface area contributed by atoms with Crippen LogP contribution >= 0.6 is 11.3 Å². The van der Waals surface area contributed by atoms with Crippen LogP contribution in [0.1, 0.15) is 17.4 Å². The Bertz CT molecular complexity index is 1820. The zero-order chi connectivity index (χ0) is 30.3. The molecule has 0 aliphatic carbocycles. The maximum atomic E-state index is 13.9. The van der Waals surface area contributed by atoms with Gasteiger partial charge in [0.2, 0.25) is 21.9 Å². The number of benzene rings is 1. The summed E-state index contributed by atoms with van der Waals surface area (Å²) in [7, 11) is -3.99.